The summed E-state index contributed by atoms with van der Waals surface area (Å²) in [4.78, 5) is 11.0. The molecule has 3 N–H and O–H groups in total. The summed E-state index contributed by atoms with van der Waals surface area (Å²) < 4.78 is 63.5. The maximum absolute atomic E-state index is 12.5. The summed E-state index contributed by atoms with van der Waals surface area (Å²) in [5.41, 5.74) is 7.22. The zero-order valence-electron chi connectivity index (χ0n) is 15.4. The van der Waals surface area contributed by atoms with E-state index in [1.807, 2.05) is 24.3 Å². The van der Waals surface area contributed by atoms with Crippen LogP contribution in [-0.2, 0) is 27.5 Å². The molecule has 9 heteroatoms. The molecule has 0 radical (unpaired) electrons. The number of aryl methyl sites for hydroxylation is 1. The minimum absolute atomic E-state index is 0.176. The van der Waals surface area contributed by atoms with Crippen molar-refractivity contribution in [2.75, 3.05) is 6.26 Å². The Morgan fingerprint density at radius 2 is 1.43 bits per heavy atom. The van der Waals surface area contributed by atoms with Crippen LogP contribution in [0.15, 0.2) is 48.5 Å². The number of amides is 1. The highest BCUT2D eigenvalue weighted by Crippen LogP contribution is 2.31. The summed E-state index contributed by atoms with van der Waals surface area (Å²) >= 11 is 0. The Morgan fingerprint density at radius 3 is 1.79 bits per heavy atom. The third-order valence-corrected chi connectivity index (χ3v) is 3.85. The van der Waals surface area contributed by atoms with Gasteiger partial charge in [-0.3, -0.25) is 9.35 Å². The van der Waals surface area contributed by atoms with Gasteiger partial charge in [-0.15, -0.1) is 0 Å². The van der Waals surface area contributed by atoms with Crippen LogP contribution >= 0.6 is 0 Å². The van der Waals surface area contributed by atoms with Crippen LogP contribution in [0.1, 0.15) is 24.5 Å². The third kappa shape index (κ3) is 9.01. The molecule has 0 bridgehead atoms. The van der Waals surface area contributed by atoms with Crippen molar-refractivity contribution in [3.05, 3.63) is 59.7 Å². The minimum atomic E-state index is -4.32. The molecular formula is C19H22F3NO4S. The van der Waals surface area contributed by atoms with E-state index in [4.69, 9.17) is 10.3 Å². The summed E-state index contributed by atoms with van der Waals surface area (Å²) in [5, 5.41) is 0. The summed E-state index contributed by atoms with van der Waals surface area (Å²) in [6, 6.07) is 12.7. The van der Waals surface area contributed by atoms with Crippen molar-refractivity contribution in [2.45, 2.75) is 25.9 Å². The number of halogens is 3. The zero-order valence-corrected chi connectivity index (χ0v) is 16.2. The van der Waals surface area contributed by atoms with Crippen molar-refractivity contribution in [1.82, 2.24) is 0 Å². The molecule has 2 aromatic rings. The van der Waals surface area contributed by atoms with Crippen molar-refractivity contribution < 1.29 is 30.9 Å². The summed E-state index contributed by atoms with van der Waals surface area (Å²) in [6.07, 6.45) is -2.20. The second-order valence-corrected chi connectivity index (χ2v) is 7.81. The average Bonchev–Trinajstić information content (AvgIpc) is 2.58. The maximum atomic E-state index is 12.5. The highest BCUT2D eigenvalue weighted by molar-refractivity contribution is 7.85. The van der Waals surface area contributed by atoms with Crippen molar-refractivity contribution in [3.8, 4) is 11.1 Å². The molecule has 0 saturated carbocycles. The highest BCUT2D eigenvalue weighted by atomic mass is 32.2. The molecule has 2 rings (SSSR count). The summed E-state index contributed by atoms with van der Waals surface area (Å²) in [5.74, 6) is -0.490. The van der Waals surface area contributed by atoms with Gasteiger partial charge in [0, 0.05) is 5.92 Å². The van der Waals surface area contributed by atoms with Crippen molar-refractivity contribution in [1.29, 1.82) is 0 Å². The lowest BCUT2D eigenvalue weighted by Crippen LogP contribution is -2.20. The van der Waals surface area contributed by atoms with Gasteiger partial charge in [0.2, 0.25) is 5.91 Å². The summed E-state index contributed by atoms with van der Waals surface area (Å²) in [6.45, 7) is 1.79. The first-order valence-electron chi connectivity index (χ1n) is 8.25. The molecule has 0 unspecified atom stereocenters. The van der Waals surface area contributed by atoms with Gasteiger partial charge in [0.15, 0.2) is 0 Å². The van der Waals surface area contributed by atoms with Crippen molar-refractivity contribution >= 4 is 16.0 Å². The molecule has 0 aliphatic rings. The van der Waals surface area contributed by atoms with Gasteiger partial charge >= 0.3 is 6.18 Å². The van der Waals surface area contributed by atoms with Gasteiger partial charge in [0.25, 0.3) is 10.1 Å². The van der Waals surface area contributed by atoms with E-state index in [1.165, 1.54) is 12.1 Å². The third-order valence-electron chi connectivity index (χ3n) is 3.85. The van der Waals surface area contributed by atoms with E-state index < -0.39 is 21.9 Å². The van der Waals surface area contributed by atoms with E-state index in [0.717, 1.165) is 35.2 Å². The number of rotatable bonds is 5. The predicted octanol–water partition coefficient (Wildman–Crippen LogP) is 3.93. The maximum Gasteiger partial charge on any atom is 0.416 e. The number of primary amides is 1. The number of hydrogen-bond donors (Lipinski definition) is 2. The number of alkyl halides is 3. The molecule has 28 heavy (non-hydrogen) atoms. The van der Waals surface area contributed by atoms with E-state index in [-0.39, 0.29) is 11.8 Å². The lowest BCUT2D eigenvalue weighted by atomic mass is 9.98. The molecule has 1 atom stereocenters. The Hall–Kier alpha value is -2.39. The smallest absolute Gasteiger partial charge is 0.369 e. The Balaban J connectivity index is 0.000000696. The van der Waals surface area contributed by atoms with Gasteiger partial charge in [-0.25, -0.2) is 0 Å². The number of carbonyl (C=O) groups excluding carboxylic acids is 1. The van der Waals surface area contributed by atoms with E-state index >= 15 is 0 Å². The molecule has 0 saturated heterocycles. The van der Waals surface area contributed by atoms with E-state index in [2.05, 4.69) is 0 Å². The summed E-state index contributed by atoms with van der Waals surface area (Å²) in [7, 11) is -3.67. The van der Waals surface area contributed by atoms with Crippen LogP contribution in [0.5, 0.6) is 0 Å². The Labute approximate surface area is 162 Å². The van der Waals surface area contributed by atoms with Crippen LogP contribution in [-0.4, -0.2) is 25.1 Å². The topological polar surface area (TPSA) is 97.5 Å². The average molecular weight is 417 g/mol. The number of benzene rings is 2. The monoisotopic (exact) mass is 417 g/mol. The first-order chi connectivity index (χ1) is 12.8. The van der Waals surface area contributed by atoms with Crippen molar-refractivity contribution in [2.24, 2.45) is 11.7 Å². The lowest BCUT2D eigenvalue weighted by molar-refractivity contribution is -0.137. The van der Waals surface area contributed by atoms with Crippen molar-refractivity contribution in [3.63, 3.8) is 0 Å². The largest absolute Gasteiger partial charge is 0.416 e. The van der Waals surface area contributed by atoms with E-state index in [9.17, 15) is 26.4 Å². The fraction of sp³-hybridized carbons (Fsp3) is 0.316. The highest BCUT2D eigenvalue weighted by Gasteiger charge is 2.29. The number of nitrogens with two attached hydrogens (primary N) is 1. The van der Waals surface area contributed by atoms with Crippen LogP contribution in [0.3, 0.4) is 0 Å². The molecule has 0 aliphatic carbocycles. The van der Waals surface area contributed by atoms with Gasteiger partial charge in [-0.1, -0.05) is 43.3 Å². The molecule has 5 nitrogen and oxygen atoms in total. The van der Waals surface area contributed by atoms with Crippen LogP contribution in [0.2, 0.25) is 0 Å². The van der Waals surface area contributed by atoms with Gasteiger partial charge < -0.3 is 5.73 Å². The molecular weight excluding hydrogens is 395 g/mol. The molecule has 2 aromatic carbocycles. The van der Waals surface area contributed by atoms with Gasteiger partial charge in [0.05, 0.1) is 11.8 Å². The Morgan fingerprint density at radius 1 is 1.04 bits per heavy atom. The van der Waals surface area contributed by atoms with E-state index in [1.54, 1.807) is 6.92 Å². The Kier molecular flexibility index (Phi) is 8.19. The molecule has 0 aliphatic heterocycles. The zero-order chi connectivity index (χ0) is 21.5. The quantitative estimate of drug-likeness (QED) is 0.721. The molecule has 154 valence electrons. The van der Waals surface area contributed by atoms with Crippen LogP contribution < -0.4 is 5.73 Å². The van der Waals surface area contributed by atoms with E-state index in [0.29, 0.717) is 12.7 Å². The normalized spacial score (nSPS) is 12.6. The van der Waals surface area contributed by atoms with Gasteiger partial charge in [-0.05, 0) is 41.7 Å². The van der Waals surface area contributed by atoms with Crippen LogP contribution in [0, 0.1) is 5.92 Å². The molecule has 0 heterocycles. The number of hydrogen-bond acceptors (Lipinski definition) is 3. The predicted molar refractivity (Wildman–Crippen MR) is 101 cm³/mol. The number of carbonyl (C=O) groups is 1. The van der Waals surface area contributed by atoms with Crippen LogP contribution in [0.25, 0.3) is 11.1 Å². The molecule has 0 fully saturated rings. The molecule has 0 aromatic heterocycles. The lowest BCUT2D eigenvalue weighted by Gasteiger charge is -2.09. The van der Waals surface area contributed by atoms with Gasteiger partial charge in [0.1, 0.15) is 0 Å². The molecule has 1 amide bonds. The van der Waals surface area contributed by atoms with Gasteiger partial charge in [-0.2, -0.15) is 21.6 Å². The minimum Gasteiger partial charge on any atom is -0.369 e. The van der Waals surface area contributed by atoms with Crippen LogP contribution in [0.4, 0.5) is 13.2 Å². The second-order valence-electron chi connectivity index (χ2n) is 6.35. The SMILES string of the molecule is CS(=O)(=O)O.C[C@H](CCc1ccc(-c2ccc(C(F)(F)F)cc2)cc1)C(N)=O. The Bertz CT molecular complexity index is 869. The standard InChI is InChI=1S/C18H18F3NO.CH4O3S/c1-12(17(22)23)2-3-13-4-6-14(7-5-13)15-8-10-16(11-9-15)18(19,20)21;1-5(2,3)4/h4-12H,2-3H2,1H3,(H2,22,23);1H3,(H,2,3,4)/t12-;/m1./s1. The fourth-order valence-corrected chi connectivity index (χ4v) is 2.24. The first-order valence-corrected chi connectivity index (χ1v) is 10.1. The second kappa shape index (κ2) is 9.70. The fourth-order valence-electron chi connectivity index (χ4n) is 2.24. The molecule has 0 spiro atoms. The first kappa shape index (κ1) is 23.6.